The summed E-state index contributed by atoms with van der Waals surface area (Å²) in [5, 5.41) is 15.4. The lowest BCUT2D eigenvalue weighted by Gasteiger charge is -2.15. The molecular weight excluding hydrogens is 214 g/mol. The van der Waals surface area contributed by atoms with Crippen LogP contribution < -0.4 is 10.6 Å². The predicted molar refractivity (Wildman–Crippen MR) is 55.9 cm³/mol. The van der Waals surface area contributed by atoms with Gasteiger partial charge in [-0.25, -0.2) is 8.78 Å². The summed E-state index contributed by atoms with van der Waals surface area (Å²) in [4.78, 5) is 0. The molecule has 2 atom stereocenters. The molecule has 0 saturated carbocycles. The van der Waals surface area contributed by atoms with Crippen LogP contribution in [-0.2, 0) is 6.54 Å². The molecule has 1 aromatic carbocycles. The summed E-state index contributed by atoms with van der Waals surface area (Å²) < 4.78 is 26.5. The highest BCUT2D eigenvalue weighted by atomic mass is 19.1. The van der Waals surface area contributed by atoms with E-state index in [1.165, 1.54) is 18.2 Å². The first-order valence-corrected chi connectivity index (χ1v) is 5.23. The molecule has 0 aromatic heterocycles. The molecule has 1 heterocycles. The van der Waals surface area contributed by atoms with E-state index in [0.717, 1.165) is 0 Å². The number of aliphatic hydroxyl groups excluding tert-OH is 1. The number of hydrogen-bond donors (Lipinski definition) is 3. The Morgan fingerprint density at radius 3 is 2.56 bits per heavy atom. The number of aliphatic hydroxyl groups is 1. The van der Waals surface area contributed by atoms with Gasteiger partial charge >= 0.3 is 0 Å². The fourth-order valence-electron chi connectivity index (χ4n) is 1.81. The van der Waals surface area contributed by atoms with Gasteiger partial charge in [0.2, 0.25) is 0 Å². The molecule has 16 heavy (non-hydrogen) atoms. The molecule has 88 valence electrons. The molecule has 0 aliphatic carbocycles. The Kier molecular flexibility index (Phi) is 3.48. The predicted octanol–water partition coefficient (Wildman–Crippen LogP) is 0.387. The van der Waals surface area contributed by atoms with Gasteiger partial charge in [-0.1, -0.05) is 6.07 Å². The van der Waals surface area contributed by atoms with Crippen LogP contribution in [0.15, 0.2) is 18.2 Å². The molecule has 2 rings (SSSR count). The summed E-state index contributed by atoms with van der Waals surface area (Å²) in [5.41, 5.74) is 0.0154. The van der Waals surface area contributed by atoms with E-state index in [1.807, 2.05) is 0 Å². The second-order valence-electron chi connectivity index (χ2n) is 3.91. The second-order valence-corrected chi connectivity index (χ2v) is 3.91. The summed E-state index contributed by atoms with van der Waals surface area (Å²) in [6.07, 6.45) is -0.505. The first-order valence-electron chi connectivity index (χ1n) is 5.23. The molecule has 0 bridgehead atoms. The molecule has 0 spiro atoms. The standard InChI is InChI=1S/C11H14F2N2O/c12-8-2-1-3-9(13)7(8)4-15-10-5-14-6-11(10)16/h1-3,10-11,14-16H,4-6H2/t10-,11-/m1/s1. The third-order valence-corrected chi connectivity index (χ3v) is 2.78. The van der Waals surface area contributed by atoms with Gasteiger partial charge in [-0.3, -0.25) is 0 Å². The van der Waals surface area contributed by atoms with E-state index < -0.39 is 17.7 Å². The van der Waals surface area contributed by atoms with Crippen LogP contribution in [0.3, 0.4) is 0 Å². The van der Waals surface area contributed by atoms with Gasteiger partial charge in [0.05, 0.1) is 6.10 Å². The van der Waals surface area contributed by atoms with Gasteiger partial charge in [0.1, 0.15) is 11.6 Å². The third-order valence-electron chi connectivity index (χ3n) is 2.78. The zero-order chi connectivity index (χ0) is 11.5. The molecule has 3 nitrogen and oxygen atoms in total. The summed E-state index contributed by atoms with van der Waals surface area (Å²) in [6, 6.07) is 3.63. The summed E-state index contributed by atoms with van der Waals surface area (Å²) in [6.45, 7) is 1.20. The van der Waals surface area contributed by atoms with E-state index >= 15 is 0 Å². The highest BCUT2D eigenvalue weighted by molar-refractivity contribution is 5.19. The normalized spacial score (nSPS) is 24.9. The highest BCUT2D eigenvalue weighted by Gasteiger charge is 2.24. The fraction of sp³-hybridized carbons (Fsp3) is 0.455. The maximum atomic E-state index is 13.3. The molecule has 1 aliphatic heterocycles. The largest absolute Gasteiger partial charge is 0.390 e. The van der Waals surface area contributed by atoms with Crippen LogP contribution in [0.5, 0.6) is 0 Å². The van der Waals surface area contributed by atoms with Gasteiger partial charge in [0, 0.05) is 31.2 Å². The SMILES string of the molecule is O[C@@H]1CNC[C@H]1NCc1c(F)cccc1F. The number of hydrogen-bond acceptors (Lipinski definition) is 3. The van der Waals surface area contributed by atoms with Crippen molar-refractivity contribution in [1.29, 1.82) is 0 Å². The third kappa shape index (κ3) is 2.37. The van der Waals surface area contributed by atoms with Gasteiger partial charge in [-0.05, 0) is 12.1 Å². The van der Waals surface area contributed by atoms with Gasteiger partial charge < -0.3 is 15.7 Å². The summed E-state index contributed by atoms with van der Waals surface area (Å²) >= 11 is 0. The highest BCUT2D eigenvalue weighted by Crippen LogP contribution is 2.12. The summed E-state index contributed by atoms with van der Waals surface area (Å²) in [7, 11) is 0. The first-order chi connectivity index (χ1) is 7.68. The Morgan fingerprint density at radius 1 is 1.31 bits per heavy atom. The van der Waals surface area contributed by atoms with Crippen LogP contribution in [0.25, 0.3) is 0 Å². The molecule has 1 fully saturated rings. The van der Waals surface area contributed by atoms with E-state index in [2.05, 4.69) is 10.6 Å². The van der Waals surface area contributed by atoms with Crippen molar-refractivity contribution in [3.63, 3.8) is 0 Å². The molecule has 1 aromatic rings. The lowest BCUT2D eigenvalue weighted by atomic mass is 10.1. The molecule has 5 heteroatoms. The average Bonchev–Trinajstić information content (AvgIpc) is 2.64. The first kappa shape index (κ1) is 11.4. The van der Waals surface area contributed by atoms with Gasteiger partial charge in [0.25, 0.3) is 0 Å². The van der Waals surface area contributed by atoms with Crippen LogP contribution in [0.4, 0.5) is 8.78 Å². The van der Waals surface area contributed by atoms with Crippen molar-refractivity contribution in [1.82, 2.24) is 10.6 Å². The Morgan fingerprint density at radius 2 is 2.00 bits per heavy atom. The molecular formula is C11H14F2N2O. The van der Waals surface area contributed by atoms with Gasteiger partial charge in [-0.15, -0.1) is 0 Å². The van der Waals surface area contributed by atoms with E-state index in [-0.39, 0.29) is 18.2 Å². The van der Waals surface area contributed by atoms with Gasteiger partial charge in [-0.2, -0.15) is 0 Å². The fourth-order valence-corrected chi connectivity index (χ4v) is 1.81. The number of nitrogens with one attached hydrogen (secondary N) is 2. The van der Waals surface area contributed by atoms with Crippen molar-refractivity contribution in [2.45, 2.75) is 18.7 Å². The minimum absolute atomic E-state index is 0.0154. The van der Waals surface area contributed by atoms with Crippen LogP contribution in [0.1, 0.15) is 5.56 Å². The van der Waals surface area contributed by atoms with E-state index in [9.17, 15) is 13.9 Å². The maximum Gasteiger partial charge on any atom is 0.130 e. The molecule has 0 radical (unpaired) electrons. The van der Waals surface area contributed by atoms with Crippen molar-refractivity contribution in [3.05, 3.63) is 35.4 Å². The number of benzene rings is 1. The van der Waals surface area contributed by atoms with Crippen LogP contribution in [0, 0.1) is 11.6 Å². The minimum Gasteiger partial charge on any atom is -0.390 e. The van der Waals surface area contributed by atoms with Crippen molar-refractivity contribution in [3.8, 4) is 0 Å². The number of halogens is 2. The second kappa shape index (κ2) is 4.86. The molecule has 0 unspecified atom stereocenters. The maximum absolute atomic E-state index is 13.3. The topological polar surface area (TPSA) is 44.3 Å². The monoisotopic (exact) mass is 228 g/mol. The Balaban J connectivity index is 1.99. The summed E-state index contributed by atoms with van der Waals surface area (Å²) in [5.74, 6) is -1.12. The number of rotatable bonds is 3. The Bertz CT molecular complexity index is 353. The number of β-amino-alcohol motifs (C(OH)–C–C–N with tert-alkyl or cyclic N) is 1. The van der Waals surface area contributed by atoms with Crippen LogP contribution in [-0.4, -0.2) is 30.3 Å². The Labute approximate surface area is 92.5 Å². The zero-order valence-corrected chi connectivity index (χ0v) is 8.71. The molecule has 1 saturated heterocycles. The zero-order valence-electron chi connectivity index (χ0n) is 8.71. The van der Waals surface area contributed by atoms with Crippen molar-refractivity contribution >= 4 is 0 Å². The van der Waals surface area contributed by atoms with Crippen molar-refractivity contribution < 1.29 is 13.9 Å². The van der Waals surface area contributed by atoms with Crippen LogP contribution in [0.2, 0.25) is 0 Å². The van der Waals surface area contributed by atoms with Crippen molar-refractivity contribution in [2.24, 2.45) is 0 Å². The average molecular weight is 228 g/mol. The smallest absolute Gasteiger partial charge is 0.130 e. The van der Waals surface area contributed by atoms with Crippen LogP contribution >= 0.6 is 0 Å². The lowest BCUT2D eigenvalue weighted by Crippen LogP contribution is -2.38. The molecule has 1 aliphatic rings. The van der Waals surface area contributed by atoms with E-state index in [1.54, 1.807) is 0 Å². The van der Waals surface area contributed by atoms with Crippen molar-refractivity contribution in [2.75, 3.05) is 13.1 Å². The van der Waals surface area contributed by atoms with E-state index in [4.69, 9.17) is 0 Å². The van der Waals surface area contributed by atoms with Gasteiger partial charge in [0.15, 0.2) is 0 Å². The quantitative estimate of drug-likeness (QED) is 0.701. The lowest BCUT2D eigenvalue weighted by molar-refractivity contribution is 0.162. The van der Waals surface area contributed by atoms with E-state index in [0.29, 0.717) is 13.1 Å². The molecule has 3 N–H and O–H groups in total. The molecule has 0 amide bonds. The Hall–Kier alpha value is -1.04. The minimum atomic E-state index is -0.562.